The van der Waals surface area contributed by atoms with Crippen molar-refractivity contribution in [2.24, 2.45) is 0 Å². The number of halogens is 30. The minimum atomic E-state index is -9.01. The van der Waals surface area contributed by atoms with Gasteiger partial charge in [-0.3, -0.25) is 0 Å². The van der Waals surface area contributed by atoms with Crippen molar-refractivity contribution in [3.63, 3.8) is 0 Å². The summed E-state index contributed by atoms with van der Waals surface area (Å²) in [5.74, 6) is -114. The van der Waals surface area contributed by atoms with Gasteiger partial charge in [-0.25, -0.2) is 132 Å². The first-order chi connectivity index (χ1) is 33.2. The second-order valence-corrected chi connectivity index (χ2v) is 22.6. The molecular weight excluding hydrogens is 1130 g/mol. The fraction of sp³-hybridized carbons (Fsp3) is 0.0270. The molecule has 0 heterocycles. The van der Waals surface area contributed by atoms with E-state index in [1.54, 1.807) is 0 Å². The van der Waals surface area contributed by atoms with Crippen molar-refractivity contribution in [2.45, 2.75) is 5.79 Å². The Morgan fingerprint density at radius 3 is 0.361 bits per heavy atom. The van der Waals surface area contributed by atoms with E-state index in [1.165, 1.54) is 0 Å². The summed E-state index contributed by atoms with van der Waals surface area (Å²) in [6.07, 6.45) is 0. The van der Waals surface area contributed by atoms with Crippen molar-refractivity contribution in [1.29, 1.82) is 0 Å². The van der Waals surface area contributed by atoms with E-state index < -0.39 is 243 Å². The lowest BCUT2D eigenvalue weighted by Gasteiger charge is -2.40. The molecule has 0 aliphatic rings. The third-order valence-corrected chi connectivity index (χ3v) is 22.4. The predicted octanol–water partition coefficient (Wildman–Crippen LogP) is 8.64. The van der Waals surface area contributed by atoms with Gasteiger partial charge in [0.1, 0.15) is 0 Å². The Labute approximate surface area is 381 Å². The van der Waals surface area contributed by atoms with E-state index in [0.29, 0.717) is 0 Å². The van der Waals surface area contributed by atoms with Crippen molar-refractivity contribution in [3.05, 3.63) is 175 Å². The van der Waals surface area contributed by atoms with Crippen LogP contribution in [0.2, 0.25) is 5.79 Å². The summed E-state index contributed by atoms with van der Waals surface area (Å²) in [6, 6.07) is 0. The lowest BCUT2D eigenvalue weighted by Crippen LogP contribution is -2.79. The molecule has 0 aromatic heterocycles. The zero-order chi connectivity index (χ0) is 54.8. The van der Waals surface area contributed by atoms with E-state index in [9.17, 15) is 26.3 Å². The summed E-state index contributed by atoms with van der Waals surface area (Å²) < 4.78 is 472. The van der Waals surface area contributed by atoms with Crippen molar-refractivity contribution in [3.8, 4) is 0 Å². The largest absolute Gasteiger partial charge is 0.650 e. The van der Waals surface area contributed by atoms with Gasteiger partial charge in [-0.05, 0) is 0 Å². The van der Waals surface area contributed by atoms with Gasteiger partial charge in [-0.15, -0.1) is 0 Å². The predicted molar refractivity (Wildman–Crippen MR) is 180 cm³/mol. The molecule has 6 rings (SSSR count). The highest BCUT2D eigenvalue weighted by atomic mass is 28.4. The second kappa shape index (κ2) is 18.9. The van der Waals surface area contributed by atoms with Crippen molar-refractivity contribution in [2.75, 3.05) is 0 Å². The normalized spacial score (nSPS) is 12.2. The van der Waals surface area contributed by atoms with Crippen LogP contribution in [0.4, 0.5) is 132 Å². The number of benzene rings is 6. The van der Waals surface area contributed by atoms with E-state index in [4.69, 9.17) is 6.96 Å². The molecular formula is C37H3AlF30O2Si2. The highest BCUT2D eigenvalue weighted by Crippen LogP contribution is 2.33. The van der Waals surface area contributed by atoms with Crippen molar-refractivity contribution >= 4 is 62.6 Å². The molecule has 0 unspecified atom stereocenters. The zero-order valence-electron chi connectivity index (χ0n) is 32.7. The van der Waals surface area contributed by atoms with Crippen LogP contribution < -0.4 is 31.1 Å². The lowest BCUT2D eigenvalue weighted by atomic mass is 10.3. The van der Waals surface area contributed by atoms with Crippen molar-refractivity contribution in [1.82, 2.24) is 0 Å². The molecule has 0 amide bonds. The van der Waals surface area contributed by atoms with E-state index in [0.717, 1.165) is 0 Å². The Hall–Kier alpha value is -5.89. The monoisotopic (exact) mass is 1130 g/mol. The number of hydrogen-bond donors (Lipinski definition) is 0. The van der Waals surface area contributed by atoms with Gasteiger partial charge < -0.3 is 6.96 Å². The molecule has 0 fully saturated rings. The standard InChI is InChI=1S/2C18F15OSi.CH3.Al/c2*19-1-4(22)10(28)16(11(29)5(1)23)35(34,17-12(30)6(24)2(20)7(25)13(17)31)18-14(32)8(26)3(21)9(27)15(18)33;;/h;;1H3;/q2*-1;;+2. The SMILES string of the molecule is [CH3][Al]([O][Si](c1c(F)c(F)c(F)c(F)c1F)(c1c(F)c(F)c(F)c(F)c1F)c1c(F)c(F)c(F)c(F)c1F)[O][Si](c1c(F)c(F)c(F)c(F)c1F)(c1c(F)c(F)c(F)c(F)c1F)c1c(F)c(F)c(F)c(F)c1F. The third-order valence-electron chi connectivity index (χ3n) is 10.1. The van der Waals surface area contributed by atoms with Gasteiger partial charge >= 0.3 is 14.8 Å². The van der Waals surface area contributed by atoms with Gasteiger partial charge in [0.05, 0.1) is 31.1 Å². The topological polar surface area (TPSA) is 18.5 Å². The third kappa shape index (κ3) is 7.53. The summed E-state index contributed by atoms with van der Waals surface area (Å²) in [5, 5.41) is -22.4. The van der Waals surface area contributed by atoms with E-state index in [2.05, 4.69) is 0 Å². The minimum Gasteiger partial charge on any atom is -0.513 e. The van der Waals surface area contributed by atoms with Gasteiger partial charge in [0.15, 0.2) is 140 Å². The van der Waals surface area contributed by atoms with Crippen LogP contribution in [-0.4, -0.2) is 31.5 Å². The average Bonchev–Trinajstić information content (AvgIpc) is 3.33. The number of hydrogen-bond acceptors (Lipinski definition) is 2. The lowest BCUT2D eigenvalue weighted by molar-refractivity contribution is 0.366. The molecule has 0 aliphatic heterocycles. The second-order valence-electron chi connectivity index (χ2n) is 13.8. The maximum Gasteiger partial charge on any atom is 0.650 e. The minimum absolute atomic E-state index is 0.599. The number of rotatable bonds is 10. The van der Waals surface area contributed by atoms with E-state index in [-0.39, 0.29) is 0 Å². The summed E-state index contributed by atoms with van der Waals surface area (Å²) in [7, 11) is -18.0. The van der Waals surface area contributed by atoms with Crippen molar-refractivity contribution < 1.29 is 139 Å². The quantitative estimate of drug-likeness (QED) is 0.0450. The van der Waals surface area contributed by atoms with Crippen LogP contribution in [0.3, 0.4) is 0 Å². The maximum atomic E-state index is 16.2. The fourth-order valence-corrected chi connectivity index (χ4v) is 21.1. The molecule has 384 valence electrons. The highest BCUT2D eigenvalue weighted by molar-refractivity contribution is 7.12. The van der Waals surface area contributed by atoms with Crippen LogP contribution in [0.25, 0.3) is 0 Å². The Morgan fingerprint density at radius 1 is 0.181 bits per heavy atom. The molecule has 0 saturated heterocycles. The Kier molecular flexibility index (Phi) is 14.5. The van der Waals surface area contributed by atoms with Crippen LogP contribution in [0.1, 0.15) is 0 Å². The molecule has 35 heteroatoms. The molecule has 72 heavy (non-hydrogen) atoms. The molecule has 0 atom stereocenters. The fourth-order valence-electron chi connectivity index (χ4n) is 7.11. The molecule has 2 nitrogen and oxygen atoms in total. The Bertz CT molecular complexity index is 2640. The summed E-state index contributed by atoms with van der Waals surface area (Å²) >= 11 is -6.89. The summed E-state index contributed by atoms with van der Waals surface area (Å²) in [5.41, 5.74) is 0. The zero-order valence-corrected chi connectivity index (χ0v) is 35.9. The molecule has 6 aromatic carbocycles. The first-order valence-corrected chi connectivity index (χ1v) is 23.5. The molecule has 6 aromatic rings. The van der Waals surface area contributed by atoms with Gasteiger partial charge in [-0.1, -0.05) is 5.79 Å². The van der Waals surface area contributed by atoms with Crippen LogP contribution in [0, 0.1) is 175 Å². The molecule has 0 radical (unpaired) electrons. The first-order valence-electron chi connectivity index (χ1n) is 17.6. The molecule has 0 saturated carbocycles. The Balaban J connectivity index is 2.02. The first kappa shape index (κ1) is 55.4. The van der Waals surface area contributed by atoms with Crippen LogP contribution in [0.15, 0.2) is 0 Å². The van der Waals surface area contributed by atoms with Gasteiger partial charge in [0.25, 0.3) is 16.6 Å². The van der Waals surface area contributed by atoms with Crippen LogP contribution >= 0.6 is 0 Å². The smallest absolute Gasteiger partial charge is 0.513 e. The van der Waals surface area contributed by atoms with Gasteiger partial charge in [0, 0.05) is 0 Å². The molecule has 0 spiro atoms. The molecule has 0 N–H and O–H groups in total. The van der Waals surface area contributed by atoms with Crippen LogP contribution in [-0.2, 0) is 6.96 Å². The highest BCUT2D eigenvalue weighted by Gasteiger charge is 2.63. The van der Waals surface area contributed by atoms with E-state index >= 15 is 105 Å². The van der Waals surface area contributed by atoms with Gasteiger partial charge in [0.2, 0.25) is 34.9 Å². The van der Waals surface area contributed by atoms with Crippen LogP contribution in [0.5, 0.6) is 0 Å². The summed E-state index contributed by atoms with van der Waals surface area (Å²) in [4.78, 5) is 0. The molecule has 0 aliphatic carbocycles. The summed E-state index contributed by atoms with van der Waals surface area (Å²) in [6.45, 7) is 0. The van der Waals surface area contributed by atoms with E-state index in [1.807, 2.05) is 0 Å². The van der Waals surface area contributed by atoms with Gasteiger partial charge in [-0.2, -0.15) is 0 Å². The maximum absolute atomic E-state index is 16.2. The Morgan fingerprint density at radius 2 is 0.264 bits per heavy atom. The average molecular weight is 1130 g/mol. The molecule has 0 bridgehead atoms.